The van der Waals surface area contributed by atoms with Crippen LogP contribution in [0, 0.1) is 0 Å². The summed E-state index contributed by atoms with van der Waals surface area (Å²) >= 11 is 0. The van der Waals surface area contributed by atoms with Crippen LogP contribution in [0.3, 0.4) is 0 Å². The lowest BCUT2D eigenvalue weighted by atomic mass is 9.80. The maximum Gasteiger partial charge on any atom is 0.150 e. The van der Waals surface area contributed by atoms with Crippen LogP contribution < -0.4 is 9.47 Å². The molecular weight excluding hydrogens is 392 g/mol. The van der Waals surface area contributed by atoms with Crippen LogP contribution in [0.1, 0.15) is 16.7 Å². The molecule has 0 bridgehead atoms. The van der Waals surface area contributed by atoms with Crippen LogP contribution in [-0.4, -0.2) is 38.1 Å². The van der Waals surface area contributed by atoms with Crippen LogP contribution in [0.4, 0.5) is 0 Å². The molecule has 0 aliphatic carbocycles. The Morgan fingerprint density at radius 3 is 1.74 bits per heavy atom. The maximum absolute atomic E-state index is 10.2. The molecule has 3 aromatic rings. The first-order valence-corrected chi connectivity index (χ1v) is 10.2. The van der Waals surface area contributed by atoms with Crippen LogP contribution in [-0.2, 0) is 15.1 Å². The predicted octanol–water partition coefficient (Wildman–Crippen LogP) is 4.29. The van der Waals surface area contributed by atoms with Crippen molar-refractivity contribution >= 4 is 0 Å². The minimum absolute atomic E-state index is 0.196. The van der Waals surface area contributed by atoms with Crippen LogP contribution in [0.2, 0.25) is 0 Å². The van der Waals surface area contributed by atoms with E-state index < -0.39 is 17.8 Å². The van der Waals surface area contributed by atoms with Gasteiger partial charge in [-0.05, 0) is 47.0 Å². The minimum Gasteiger partial charge on any atom is -0.497 e. The third-order valence-corrected chi connectivity index (χ3v) is 5.55. The summed E-state index contributed by atoms with van der Waals surface area (Å²) < 4.78 is 22.9. The summed E-state index contributed by atoms with van der Waals surface area (Å²) in [6.07, 6.45) is 1.96. The largest absolute Gasteiger partial charge is 0.497 e. The highest BCUT2D eigenvalue weighted by Gasteiger charge is 2.39. The number of rotatable bonds is 8. The molecule has 4 rings (SSSR count). The second-order valence-corrected chi connectivity index (χ2v) is 7.31. The summed E-state index contributed by atoms with van der Waals surface area (Å²) in [6, 6.07) is 25.7. The molecule has 1 heterocycles. The second-order valence-electron chi connectivity index (χ2n) is 7.31. The molecular formula is C26H26O5. The van der Waals surface area contributed by atoms with Gasteiger partial charge in [0.25, 0.3) is 0 Å². The zero-order valence-corrected chi connectivity index (χ0v) is 17.6. The van der Waals surface area contributed by atoms with Gasteiger partial charge in [-0.25, -0.2) is 0 Å². The van der Waals surface area contributed by atoms with Gasteiger partial charge < -0.3 is 24.1 Å². The summed E-state index contributed by atoms with van der Waals surface area (Å²) in [5.74, 6) is 1.53. The number of ether oxygens (including phenoxy) is 4. The normalized spacial score (nSPS) is 17.9. The topological polar surface area (TPSA) is 57.2 Å². The zero-order chi connectivity index (χ0) is 21.7. The molecule has 1 aliphatic rings. The fourth-order valence-electron chi connectivity index (χ4n) is 3.85. The first kappa shape index (κ1) is 21.0. The lowest BCUT2D eigenvalue weighted by Crippen LogP contribution is -2.38. The van der Waals surface area contributed by atoms with E-state index in [2.05, 4.69) is 0 Å². The molecule has 3 aromatic carbocycles. The Balaban J connectivity index is 1.85. The molecule has 5 heteroatoms. The van der Waals surface area contributed by atoms with Gasteiger partial charge in [0, 0.05) is 0 Å². The Morgan fingerprint density at radius 2 is 1.29 bits per heavy atom. The summed E-state index contributed by atoms with van der Waals surface area (Å²) in [5.41, 5.74) is 1.91. The molecule has 2 atom stereocenters. The van der Waals surface area contributed by atoms with Gasteiger partial charge in [-0.1, -0.05) is 54.6 Å². The van der Waals surface area contributed by atoms with Crippen molar-refractivity contribution in [3.8, 4) is 11.5 Å². The molecule has 1 N–H and O–H groups in total. The van der Waals surface area contributed by atoms with E-state index >= 15 is 0 Å². The van der Waals surface area contributed by atoms with E-state index in [0.717, 1.165) is 28.2 Å². The lowest BCUT2D eigenvalue weighted by molar-refractivity contribution is -0.0611. The zero-order valence-electron chi connectivity index (χ0n) is 17.6. The highest BCUT2D eigenvalue weighted by Crippen LogP contribution is 2.42. The highest BCUT2D eigenvalue weighted by molar-refractivity contribution is 5.49. The summed E-state index contributed by atoms with van der Waals surface area (Å²) in [5, 5.41) is 10.2. The molecule has 0 fully saturated rings. The Hall–Kier alpha value is -3.28. The van der Waals surface area contributed by atoms with Gasteiger partial charge in [-0.2, -0.15) is 0 Å². The molecule has 0 unspecified atom stereocenters. The van der Waals surface area contributed by atoms with Gasteiger partial charge in [-0.15, -0.1) is 0 Å². The molecule has 160 valence electrons. The van der Waals surface area contributed by atoms with E-state index in [1.165, 1.54) is 6.26 Å². The smallest absolute Gasteiger partial charge is 0.150 e. The van der Waals surface area contributed by atoms with E-state index in [0.29, 0.717) is 0 Å². The average molecular weight is 418 g/mol. The molecule has 0 saturated heterocycles. The first-order chi connectivity index (χ1) is 15.2. The van der Waals surface area contributed by atoms with Crippen LogP contribution in [0.15, 0.2) is 91.2 Å². The molecule has 0 aromatic heterocycles. The van der Waals surface area contributed by atoms with E-state index in [9.17, 15) is 5.11 Å². The van der Waals surface area contributed by atoms with Crippen LogP contribution >= 0.6 is 0 Å². The average Bonchev–Trinajstić information content (AvgIpc) is 3.25. The van der Waals surface area contributed by atoms with E-state index in [1.807, 2.05) is 78.9 Å². The fraction of sp³-hybridized carbons (Fsp3) is 0.231. The number of aliphatic hydroxyl groups excluding tert-OH is 1. The Morgan fingerprint density at radius 1 is 0.774 bits per heavy atom. The van der Waals surface area contributed by atoms with Gasteiger partial charge in [0.1, 0.15) is 23.2 Å². The van der Waals surface area contributed by atoms with E-state index in [4.69, 9.17) is 18.9 Å². The Labute approximate surface area is 182 Å². The van der Waals surface area contributed by atoms with Gasteiger partial charge in [0.2, 0.25) is 0 Å². The molecule has 5 nitrogen and oxygen atoms in total. The van der Waals surface area contributed by atoms with Crippen molar-refractivity contribution < 1.29 is 24.1 Å². The SMILES string of the molecule is COc1ccc(C(OC[C@H]2OC=C[C@@H]2O)(c2ccccc2)c2ccc(OC)cc2)cc1. The van der Waals surface area contributed by atoms with E-state index in [-0.39, 0.29) is 6.61 Å². The number of benzene rings is 3. The maximum atomic E-state index is 10.2. The standard InChI is InChI=1S/C26H26O5/c1-28-22-12-8-20(9-13-22)26(19-6-4-3-5-7-19,21-10-14-23(29-2)15-11-21)31-18-25-24(27)16-17-30-25/h3-17,24-25,27H,18H2,1-2H3/t24-,25+/m0/s1. The van der Waals surface area contributed by atoms with Gasteiger partial charge >= 0.3 is 0 Å². The Kier molecular flexibility index (Phi) is 6.26. The van der Waals surface area contributed by atoms with Crippen molar-refractivity contribution in [2.24, 2.45) is 0 Å². The predicted molar refractivity (Wildman–Crippen MR) is 118 cm³/mol. The molecule has 31 heavy (non-hydrogen) atoms. The van der Waals surface area contributed by atoms with Crippen molar-refractivity contribution in [1.82, 2.24) is 0 Å². The fourth-order valence-corrected chi connectivity index (χ4v) is 3.85. The van der Waals surface area contributed by atoms with E-state index in [1.54, 1.807) is 20.3 Å². The number of hydrogen-bond donors (Lipinski definition) is 1. The number of hydrogen-bond acceptors (Lipinski definition) is 5. The third kappa shape index (κ3) is 4.15. The van der Waals surface area contributed by atoms with Crippen molar-refractivity contribution in [3.63, 3.8) is 0 Å². The number of methoxy groups -OCH3 is 2. The van der Waals surface area contributed by atoms with Crippen molar-refractivity contribution in [1.29, 1.82) is 0 Å². The van der Waals surface area contributed by atoms with Crippen molar-refractivity contribution in [2.45, 2.75) is 17.8 Å². The quantitative estimate of drug-likeness (QED) is 0.553. The summed E-state index contributed by atoms with van der Waals surface area (Å²) in [7, 11) is 3.29. The van der Waals surface area contributed by atoms with Gasteiger partial charge in [-0.3, -0.25) is 0 Å². The van der Waals surface area contributed by atoms with Crippen LogP contribution in [0.5, 0.6) is 11.5 Å². The molecule has 0 amide bonds. The monoisotopic (exact) mass is 418 g/mol. The second kappa shape index (κ2) is 9.25. The van der Waals surface area contributed by atoms with Gasteiger partial charge in [0.05, 0.1) is 27.1 Å². The summed E-state index contributed by atoms with van der Waals surface area (Å²) in [6.45, 7) is 0.196. The number of aliphatic hydroxyl groups is 1. The first-order valence-electron chi connectivity index (χ1n) is 10.2. The summed E-state index contributed by atoms with van der Waals surface area (Å²) in [4.78, 5) is 0. The van der Waals surface area contributed by atoms with Crippen molar-refractivity contribution in [2.75, 3.05) is 20.8 Å². The van der Waals surface area contributed by atoms with Gasteiger partial charge in [0.15, 0.2) is 6.10 Å². The molecule has 0 spiro atoms. The lowest BCUT2D eigenvalue weighted by Gasteiger charge is -2.37. The third-order valence-electron chi connectivity index (χ3n) is 5.55. The highest BCUT2D eigenvalue weighted by atomic mass is 16.6. The van der Waals surface area contributed by atoms with Crippen LogP contribution in [0.25, 0.3) is 0 Å². The molecule has 1 aliphatic heterocycles. The minimum atomic E-state index is -0.925. The molecule has 0 saturated carbocycles. The molecule has 0 radical (unpaired) electrons. The Bertz CT molecular complexity index is 949. The van der Waals surface area contributed by atoms with Crippen molar-refractivity contribution in [3.05, 3.63) is 108 Å².